The van der Waals surface area contributed by atoms with Crippen molar-refractivity contribution in [1.29, 1.82) is 0 Å². The molecule has 5 heteroatoms. The maximum atomic E-state index is 12.6. The van der Waals surface area contributed by atoms with Gasteiger partial charge in [0.15, 0.2) is 0 Å². The minimum Gasteiger partial charge on any atom is -0.381 e. The molecule has 2 aliphatic rings. The Labute approximate surface area is 149 Å². The van der Waals surface area contributed by atoms with E-state index < -0.39 is 0 Å². The molecule has 1 heterocycles. The molecular formula is C19H27ClN2O2. The van der Waals surface area contributed by atoms with Gasteiger partial charge in [0.2, 0.25) is 5.91 Å². The summed E-state index contributed by atoms with van der Waals surface area (Å²) in [5.41, 5.74) is 1.11. The van der Waals surface area contributed by atoms with Crippen LogP contribution in [0.2, 0.25) is 5.02 Å². The monoisotopic (exact) mass is 350 g/mol. The average molecular weight is 351 g/mol. The Balaban J connectivity index is 1.54. The van der Waals surface area contributed by atoms with Crippen LogP contribution in [0.3, 0.4) is 0 Å². The van der Waals surface area contributed by atoms with E-state index in [1.807, 2.05) is 24.3 Å². The summed E-state index contributed by atoms with van der Waals surface area (Å²) in [4.78, 5) is 14.9. The number of carbonyl (C=O) groups excluding carboxylic acids is 1. The van der Waals surface area contributed by atoms with E-state index in [2.05, 4.69) is 17.1 Å². The molecular weight excluding hydrogens is 324 g/mol. The molecule has 1 amide bonds. The Kier molecular flexibility index (Phi) is 6.14. The summed E-state index contributed by atoms with van der Waals surface area (Å²) >= 11 is 5.95. The van der Waals surface area contributed by atoms with E-state index in [4.69, 9.17) is 16.3 Å². The van der Waals surface area contributed by atoms with Gasteiger partial charge in [-0.05, 0) is 49.3 Å². The minimum atomic E-state index is 0.0469. The van der Waals surface area contributed by atoms with Crippen LogP contribution in [-0.4, -0.2) is 43.2 Å². The highest BCUT2D eigenvalue weighted by atomic mass is 35.5. The second-order valence-corrected chi connectivity index (χ2v) is 7.41. The molecule has 0 bridgehead atoms. The van der Waals surface area contributed by atoms with Gasteiger partial charge >= 0.3 is 0 Å². The van der Waals surface area contributed by atoms with E-state index in [1.54, 1.807) is 0 Å². The number of hydrogen-bond acceptors (Lipinski definition) is 3. The second kappa shape index (κ2) is 8.32. The van der Waals surface area contributed by atoms with E-state index in [1.165, 1.54) is 12.8 Å². The van der Waals surface area contributed by atoms with Crippen LogP contribution in [0.25, 0.3) is 0 Å². The van der Waals surface area contributed by atoms with Gasteiger partial charge in [0, 0.05) is 24.2 Å². The van der Waals surface area contributed by atoms with Crippen molar-refractivity contribution in [2.24, 2.45) is 5.92 Å². The zero-order chi connectivity index (χ0) is 16.9. The van der Waals surface area contributed by atoms with Crippen molar-refractivity contribution < 1.29 is 9.53 Å². The average Bonchev–Trinajstić information content (AvgIpc) is 3.31. The predicted octanol–water partition coefficient (Wildman–Crippen LogP) is 3.41. The molecule has 2 atom stereocenters. The molecule has 4 nitrogen and oxygen atoms in total. The number of rotatable bonds is 8. The number of nitrogens with one attached hydrogen (secondary N) is 1. The second-order valence-electron chi connectivity index (χ2n) is 6.97. The first-order chi connectivity index (χ1) is 11.7. The number of halogens is 1. The van der Waals surface area contributed by atoms with E-state index in [9.17, 15) is 4.79 Å². The standard InChI is InChI=1S/C19H27ClN2O2/c1-2-18(15-3-5-16(20)6-4-15)21-19(23)12-22(17-7-8-17)11-14-9-10-24-13-14/h3-6,14,17-18H,2,7-13H2,1H3,(H,21,23). The third kappa shape index (κ3) is 4.95. The van der Waals surface area contributed by atoms with Gasteiger partial charge in [0.25, 0.3) is 0 Å². The highest BCUT2D eigenvalue weighted by molar-refractivity contribution is 6.30. The van der Waals surface area contributed by atoms with Crippen molar-refractivity contribution in [3.63, 3.8) is 0 Å². The Hall–Kier alpha value is -1.10. The number of ether oxygens (including phenoxy) is 1. The number of carbonyl (C=O) groups is 1. The van der Waals surface area contributed by atoms with E-state index >= 15 is 0 Å². The third-order valence-corrected chi connectivity index (χ3v) is 5.19. The maximum Gasteiger partial charge on any atom is 0.234 e. The number of amides is 1. The molecule has 132 valence electrons. The van der Waals surface area contributed by atoms with Crippen LogP contribution < -0.4 is 5.32 Å². The van der Waals surface area contributed by atoms with Gasteiger partial charge in [-0.2, -0.15) is 0 Å². The fourth-order valence-electron chi connectivity index (χ4n) is 3.38. The lowest BCUT2D eigenvalue weighted by atomic mass is 10.0. The molecule has 1 saturated heterocycles. The molecule has 2 fully saturated rings. The number of hydrogen-bond donors (Lipinski definition) is 1. The van der Waals surface area contributed by atoms with Crippen molar-refractivity contribution in [2.75, 3.05) is 26.3 Å². The third-order valence-electron chi connectivity index (χ3n) is 4.94. The van der Waals surface area contributed by atoms with Crippen LogP contribution in [0.1, 0.15) is 44.2 Å². The molecule has 1 aliphatic carbocycles. The topological polar surface area (TPSA) is 41.6 Å². The highest BCUT2D eigenvalue weighted by Gasteiger charge is 2.33. The molecule has 1 aliphatic heterocycles. The van der Waals surface area contributed by atoms with Crippen LogP contribution in [0.4, 0.5) is 0 Å². The lowest BCUT2D eigenvalue weighted by Gasteiger charge is -2.26. The number of benzene rings is 1. The highest BCUT2D eigenvalue weighted by Crippen LogP contribution is 2.29. The van der Waals surface area contributed by atoms with E-state index in [-0.39, 0.29) is 11.9 Å². The van der Waals surface area contributed by atoms with E-state index in [0.29, 0.717) is 18.5 Å². The fraction of sp³-hybridized carbons (Fsp3) is 0.632. The Morgan fingerprint density at radius 1 is 1.33 bits per heavy atom. The largest absolute Gasteiger partial charge is 0.381 e. The van der Waals surface area contributed by atoms with Gasteiger partial charge in [-0.25, -0.2) is 0 Å². The van der Waals surface area contributed by atoms with Crippen molar-refractivity contribution in [3.8, 4) is 0 Å². The SMILES string of the molecule is CCC(NC(=O)CN(CC1CCOC1)C1CC1)c1ccc(Cl)cc1. The van der Waals surface area contributed by atoms with Crippen LogP contribution in [0, 0.1) is 5.92 Å². The summed E-state index contributed by atoms with van der Waals surface area (Å²) in [5, 5.41) is 3.91. The van der Waals surface area contributed by atoms with Gasteiger partial charge in [0.05, 0.1) is 19.2 Å². The van der Waals surface area contributed by atoms with Gasteiger partial charge in [-0.1, -0.05) is 30.7 Å². The molecule has 24 heavy (non-hydrogen) atoms. The Morgan fingerprint density at radius 2 is 2.08 bits per heavy atom. The van der Waals surface area contributed by atoms with Crippen molar-refractivity contribution in [1.82, 2.24) is 10.2 Å². The van der Waals surface area contributed by atoms with Crippen molar-refractivity contribution in [2.45, 2.75) is 44.7 Å². The molecule has 0 spiro atoms. The molecule has 1 aromatic carbocycles. The first-order valence-electron chi connectivity index (χ1n) is 9.02. The molecule has 0 aromatic heterocycles. The summed E-state index contributed by atoms with van der Waals surface area (Å²) in [6.07, 6.45) is 4.42. The zero-order valence-corrected chi connectivity index (χ0v) is 15.1. The van der Waals surface area contributed by atoms with Crippen LogP contribution in [0.15, 0.2) is 24.3 Å². The molecule has 3 rings (SSSR count). The van der Waals surface area contributed by atoms with Crippen LogP contribution in [0.5, 0.6) is 0 Å². The summed E-state index contributed by atoms with van der Waals surface area (Å²) in [7, 11) is 0. The fourth-order valence-corrected chi connectivity index (χ4v) is 3.51. The zero-order valence-electron chi connectivity index (χ0n) is 14.3. The normalized spacial score (nSPS) is 21.9. The van der Waals surface area contributed by atoms with Gasteiger partial charge in [0.1, 0.15) is 0 Å². The molecule has 2 unspecified atom stereocenters. The molecule has 1 saturated carbocycles. The lowest BCUT2D eigenvalue weighted by Crippen LogP contribution is -2.42. The van der Waals surface area contributed by atoms with Crippen molar-refractivity contribution in [3.05, 3.63) is 34.9 Å². The Bertz CT molecular complexity index is 539. The number of nitrogens with zero attached hydrogens (tertiary/aromatic N) is 1. The summed E-state index contributed by atoms with van der Waals surface area (Å²) < 4.78 is 5.47. The quantitative estimate of drug-likeness (QED) is 0.781. The van der Waals surface area contributed by atoms with Gasteiger partial charge in [-0.15, -0.1) is 0 Å². The summed E-state index contributed by atoms with van der Waals surface area (Å²) in [5.74, 6) is 0.694. The maximum absolute atomic E-state index is 12.6. The van der Waals surface area contributed by atoms with Crippen LogP contribution >= 0.6 is 11.6 Å². The molecule has 0 radical (unpaired) electrons. The molecule has 1 aromatic rings. The lowest BCUT2D eigenvalue weighted by molar-refractivity contribution is -0.123. The van der Waals surface area contributed by atoms with Gasteiger partial charge in [-0.3, -0.25) is 9.69 Å². The first kappa shape index (κ1) is 17.7. The first-order valence-corrected chi connectivity index (χ1v) is 9.40. The predicted molar refractivity (Wildman–Crippen MR) is 96.1 cm³/mol. The van der Waals surface area contributed by atoms with Crippen LogP contribution in [-0.2, 0) is 9.53 Å². The summed E-state index contributed by atoms with van der Waals surface area (Å²) in [6, 6.07) is 8.37. The van der Waals surface area contributed by atoms with Gasteiger partial charge < -0.3 is 10.1 Å². The minimum absolute atomic E-state index is 0.0469. The smallest absolute Gasteiger partial charge is 0.234 e. The molecule has 1 N–H and O–H groups in total. The van der Waals surface area contributed by atoms with E-state index in [0.717, 1.165) is 43.2 Å². The summed E-state index contributed by atoms with van der Waals surface area (Å²) in [6.45, 7) is 5.27. The van der Waals surface area contributed by atoms with Crippen molar-refractivity contribution >= 4 is 17.5 Å². The Morgan fingerprint density at radius 3 is 2.67 bits per heavy atom.